The van der Waals surface area contributed by atoms with Gasteiger partial charge >= 0.3 is 0 Å². The molecule has 20 heavy (non-hydrogen) atoms. The molecular formula is C12H17N3O3S2. The molecule has 1 amide bonds. The molecule has 0 aliphatic carbocycles. The number of amides is 1. The van der Waals surface area contributed by atoms with Gasteiger partial charge in [-0.25, -0.2) is 8.42 Å². The first-order valence-electron chi connectivity index (χ1n) is 5.95. The molecule has 8 heteroatoms. The van der Waals surface area contributed by atoms with E-state index in [-0.39, 0.29) is 17.3 Å². The molecule has 4 N–H and O–H groups in total. The van der Waals surface area contributed by atoms with Crippen LogP contribution in [0.1, 0.15) is 20.3 Å². The van der Waals surface area contributed by atoms with E-state index in [1.807, 2.05) is 0 Å². The quantitative estimate of drug-likeness (QED) is 0.690. The Bertz CT molecular complexity index is 614. The molecule has 0 saturated heterocycles. The maximum absolute atomic E-state index is 12.1. The molecule has 6 nitrogen and oxygen atoms in total. The van der Waals surface area contributed by atoms with E-state index in [9.17, 15) is 13.2 Å². The second kappa shape index (κ2) is 6.67. The van der Waals surface area contributed by atoms with Crippen LogP contribution in [0.25, 0.3) is 0 Å². The zero-order valence-electron chi connectivity index (χ0n) is 11.2. The average molecular weight is 315 g/mol. The second-order valence-electron chi connectivity index (χ2n) is 4.21. The summed E-state index contributed by atoms with van der Waals surface area (Å²) in [7, 11) is -3.70. The fourth-order valence-electron chi connectivity index (χ4n) is 1.67. The Morgan fingerprint density at radius 2 is 2.00 bits per heavy atom. The van der Waals surface area contributed by atoms with Gasteiger partial charge in [-0.1, -0.05) is 25.2 Å². The summed E-state index contributed by atoms with van der Waals surface area (Å²) in [5.41, 5.74) is 6.28. The third-order valence-corrected chi connectivity index (χ3v) is 4.80. The number of anilines is 2. The van der Waals surface area contributed by atoms with E-state index in [0.29, 0.717) is 11.4 Å². The monoisotopic (exact) mass is 315 g/mol. The standard InChI is InChI=1S/C12H17N3O3S2/c1-3-11(12(13)19)20(17,18)15-10-6-4-5-9(7-10)14-8(2)16/h4-7,11,15H,3H2,1-2H3,(H2,13,19)(H,14,16). The summed E-state index contributed by atoms with van der Waals surface area (Å²) in [6.07, 6.45) is 0.288. The summed E-state index contributed by atoms with van der Waals surface area (Å²) in [5.74, 6) is -0.237. The Kier molecular flexibility index (Phi) is 5.46. The lowest BCUT2D eigenvalue weighted by Gasteiger charge is -2.16. The van der Waals surface area contributed by atoms with Gasteiger partial charge in [-0.2, -0.15) is 0 Å². The molecule has 0 aromatic heterocycles. The maximum Gasteiger partial charge on any atom is 0.242 e. The van der Waals surface area contributed by atoms with Gasteiger partial charge in [0.05, 0.1) is 10.7 Å². The van der Waals surface area contributed by atoms with E-state index in [1.54, 1.807) is 25.1 Å². The Morgan fingerprint density at radius 3 is 2.50 bits per heavy atom. The molecular weight excluding hydrogens is 298 g/mol. The van der Waals surface area contributed by atoms with E-state index in [4.69, 9.17) is 18.0 Å². The molecule has 110 valence electrons. The van der Waals surface area contributed by atoms with Crippen LogP contribution in [0.4, 0.5) is 11.4 Å². The molecule has 1 atom stereocenters. The summed E-state index contributed by atoms with van der Waals surface area (Å²) in [6, 6.07) is 6.38. The van der Waals surface area contributed by atoms with Crippen molar-refractivity contribution in [1.29, 1.82) is 0 Å². The minimum Gasteiger partial charge on any atom is -0.392 e. The molecule has 0 aliphatic rings. The van der Waals surface area contributed by atoms with Crippen LogP contribution < -0.4 is 15.8 Å². The number of thiocarbonyl (C=S) groups is 1. The van der Waals surface area contributed by atoms with Crippen LogP contribution in [0.3, 0.4) is 0 Å². The Balaban J connectivity index is 2.97. The van der Waals surface area contributed by atoms with Crippen LogP contribution in [0, 0.1) is 0 Å². The highest BCUT2D eigenvalue weighted by Gasteiger charge is 2.26. The van der Waals surface area contributed by atoms with Crippen LogP contribution in [-0.2, 0) is 14.8 Å². The topological polar surface area (TPSA) is 101 Å². The van der Waals surface area contributed by atoms with Gasteiger partial charge in [-0.3, -0.25) is 9.52 Å². The zero-order valence-corrected chi connectivity index (χ0v) is 12.8. The maximum atomic E-state index is 12.1. The van der Waals surface area contributed by atoms with Crippen molar-refractivity contribution < 1.29 is 13.2 Å². The lowest BCUT2D eigenvalue weighted by Crippen LogP contribution is -2.37. The van der Waals surface area contributed by atoms with Gasteiger partial charge < -0.3 is 11.1 Å². The number of hydrogen-bond acceptors (Lipinski definition) is 4. The summed E-state index contributed by atoms with van der Waals surface area (Å²) in [5, 5.41) is 1.64. The first-order valence-corrected chi connectivity index (χ1v) is 7.90. The largest absolute Gasteiger partial charge is 0.392 e. The highest BCUT2D eigenvalue weighted by atomic mass is 32.2. The highest BCUT2D eigenvalue weighted by molar-refractivity contribution is 7.95. The minimum absolute atomic E-state index is 0.0713. The van der Waals surface area contributed by atoms with Crippen molar-refractivity contribution in [1.82, 2.24) is 0 Å². The van der Waals surface area contributed by atoms with E-state index in [2.05, 4.69) is 10.0 Å². The van der Waals surface area contributed by atoms with Gasteiger partial charge in [0.25, 0.3) is 0 Å². The number of nitrogens with two attached hydrogens (primary N) is 1. The fourth-order valence-corrected chi connectivity index (χ4v) is 3.56. The van der Waals surface area contributed by atoms with Crippen LogP contribution in [-0.4, -0.2) is 24.6 Å². The van der Waals surface area contributed by atoms with Gasteiger partial charge in [0, 0.05) is 12.6 Å². The van der Waals surface area contributed by atoms with Crippen molar-refractivity contribution in [3.05, 3.63) is 24.3 Å². The normalized spacial score (nSPS) is 12.5. The lowest BCUT2D eigenvalue weighted by atomic mass is 10.3. The summed E-state index contributed by atoms with van der Waals surface area (Å²) >= 11 is 4.76. The SMILES string of the molecule is CCC(C(N)=S)S(=O)(=O)Nc1cccc(NC(C)=O)c1. The fraction of sp³-hybridized carbons (Fsp3) is 0.333. The molecule has 0 heterocycles. The van der Waals surface area contributed by atoms with Gasteiger partial charge in [-0.05, 0) is 24.6 Å². The number of carbonyl (C=O) groups is 1. The summed E-state index contributed by atoms with van der Waals surface area (Å²) in [6.45, 7) is 3.06. The number of sulfonamides is 1. The summed E-state index contributed by atoms with van der Waals surface area (Å²) < 4.78 is 26.7. The lowest BCUT2D eigenvalue weighted by molar-refractivity contribution is -0.114. The molecule has 1 unspecified atom stereocenters. The van der Waals surface area contributed by atoms with Crippen LogP contribution in [0.15, 0.2) is 24.3 Å². The molecule has 0 saturated carbocycles. The molecule has 1 rings (SSSR count). The molecule has 0 aliphatic heterocycles. The first kappa shape index (κ1) is 16.4. The van der Waals surface area contributed by atoms with Gasteiger partial charge in [-0.15, -0.1) is 0 Å². The third kappa shape index (κ3) is 4.46. The van der Waals surface area contributed by atoms with Crippen molar-refractivity contribution >= 4 is 44.5 Å². The number of rotatable bonds is 6. The molecule has 1 aromatic rings. The number of hydrogen-bond donors (Lipinski definition) is 3. The molecule has 0 radical (unpaired) electrons. The number of carbonyl (C=O) groups excluding carboxylic acids is 1. The zero-order chi connectivity index (χ0) is 15.3. The summed E-state index contributed by atoms with van der Waals surface area (Å²) in [4.78, 5) is 10.9. The predicted octanol–water partition coefficient (Wildman–Crippen LogP) is 1.45. The number of benzene rings is 1. The first-order chi connectivity index (χ1) is 9.26. The molecule has 0 bridgehead atoms. The second-order valence-corrected chi connectivity index (χ2v) is 6.54. The average Bonchev–Trinajstić information content (AvgIpc) is 2.27. The van der Waals surface area contributed by atoms with Crippen molar-refractivity contribution in [3.63, 3.8) is 0 Å². The molecule has 0 spiro atoms. The third-order valence-electron chi connectivity index (χ3n) is 2.51. The number of nitrogens with one attached hydrogen (secondary N) is 2. The molecule has 0 fully saturated rings. The van der Waals surface area contributed by atoms with E-state index in [1.165, 1.54) is 13.0 Å². The van der Waals surface area contributed by atoms with E-state index >= 15 is 0 Å². The Morgan fingerprint density at radius 1 is 1.40 bits per heavy atom. The minimum atomic E-state index is -3.70. The Hall–Kier alpha value is -1.67. The van der Waals surface area contributed by atoms with Gasteiger partial charge in [0.15, 0.2) is 0 Å². The van der Waals surface area contributed by atoms with E-state index < -0.39 is 15.3 Å². The smallest absolute Gasteiger partial charge is 0.242 e. The van der Waals surface area contributed by atoms with E-state index in [0.717, 1.165) is 0 Å². The van der Waals surface area contributed by atoms with Crippen molar-refractivity contribution in [2.24, 2.45) is 5.73 Å². The molecule has 1 aromatic carbocycles. The van der Waals surface area contributed by atoms with Crippen molar-refractivity contribution in [3.8, 4) is 0 Å². The highest BCUT2D eigenvalue weighted by Crippen LogP contribution is 2.18. The van der Waals surface area contributed by atoms with Crippen LogP contribution in [0.5, 0.6) is 0 Å². The predicted molar refractivity (Wildman–Crippen MR) is 84.2 cm³/mol. The van der Waals surface area contributed by atoms with Crippen LogP contribution in [0.2, 0.25) is 0 Å². The van der Waals surface area contributed by atoms with Gasteiger partial charge in [0.1, 0.15) is 5.25 Å². The van der Waals surface area contributed by atoms with Gasteiger partial charge in [0.2, 0.25) is 15.9 Å². The van der Waals surface area contributed by atoms with Crippen molar-refractivity contribution in [2.75, 3.05) is 10.0 Å². The van der Waals surface area contributed by atoms with Crippen LogP contribution >= 0.6 is 12.2 Å². The Labute approximate surface area is 123 Å². The van der Waals surface area contributed by atoms with Crippen molar-refractivity contribution in [2.45, 2.75) is 25.5 Å².